The van der Waals surface area contributed by atoms with Crippen LogP contribution in [-0.2, 0) is 11.8 Å². The first-order valence-corrected chi connectivity index (χ1v) is 9.99. The number of anilines is 1. The Morgan fingerprint density at radius 3 is 2.41 bits per heavy atom. The molecular formula is C21H22ClN3OS. The summed E-state index contributed by atoms with van der Waals surface area (Å²) in [5, 5.41) is 4.53. The van der Waals surface area contributed by atoms with Gasteiger partial charge in [0.1, 0.15) is 0 Å². The van der Waals surface area contributed by atoms with E-state index < -0.39 is 0 Å². The molecule has 1 N–H and O–H groups in total. The minimum atomic E-state index is -0.0360. The van der Waals surface area contributed by atoms with Crippen LogP contribution in [0.15, 0.2) is 47.8 Å². The fourth-order valence-electron chi connectivity index (χ4n) is 3.10. The number of nitrogens with zero attached hydrogens (tertiary/aromatic N) is 2. The SMILES string of the molecule is Cc1cc(C)c(NC(=O)CSc2ncc(-c3ccc(Cl)cc3)n2C)c(C)c1. The maximum absolute atomic E-state index is 12.4. The quantitative estimate of drug-likeness (QED) is 0.584. The number of amides is 1. The zero-order valence-corrected chi connectivity index (χ0v) is 17.4. The molecule has 2 aromatic carbocycles. The highest BCUT2D eigenvalue weighted by Crippen LogP contribution is 2.27. The van der Waals surface area contributed by atoms with Crippen molar-refractivity contribution in [3.8, 4) is 11.3 Å². The van der Waals surface area contributed by atoms with Gasteiger partial charge in [-0.3, -0.25) is 4.79 Å². The van der Waals surface area contributed by atoms with E-state index in [4.69, 9.17) is 11.6 Å². The third kappa shape index (κ3) is 4.54. The number of aromatic nitrogens is 2. The van der Waals surface area contributed by atoms with Crippen molar-refractivity contribution < 1.29 is 4.79 Å². The Bertz CT molecular complexity index is 957. The van der Waals surface area contributed by atoms with Crippen molar-refractivity contribution >= 4 is 35.0 Å². The number of benzene rings is 2. The van der Waals surface area contributed by atoms with Gasteiger partial charge in [-0.05, 0) is 49.6 Å². The van der Waals surface area contributed by atoms with Crippen molar-refractivity contribution in [1.82, 2.24) is 9.55 Å². The van der Waals surface area contributed by atoms with Crippen LogP contribution >= 0.6 is 23.4 Å². The normalized spacial score (nSPS) is 10.9. The van der Waals surface area contributed by atoms with Gasteiger partial charge >= 0.3 is 0 Å². The lowest BCUT2D eigenvalue weighted by molar-refractivity contribution is -0.113. The number of halogens is 1. The Morgan fingerprint density at radius 1 is 1.15 bits per heavy atom. The molecule has 6 heteroatoms. The number of nitrogens with one attached hydrogen (secondary N) is 1. The predicted molar refractivity (Wildman–Crippen MR) is 114 cm³/mol. The van der Waals surface area contributed by atoms with Gasteiger partial charge in [-0.1, -0.05) is 53.2 Å². The van der Waals surface area contributed by atoms with Crippen molar-refractivity contribution in [2.75, 3.05) is 11.1 Å². The fraction of sp³-hybridized carbons (Fsp3) is 0.238. The average molecular weight is 400 g/mol. The standard InChI is InChI=1S/C21H22ClN3OS/c1-13-9-14(2)20(15(3)10-13)24-19(26)12-27-21-23-11-18(25(21)4)16-5-7-17(22)8-6-16/h5-11H,12H2,1-4H3,(H,24,26). The van der Waals surface area contributed by atoms with Crippen molar-refractivity contribution in [1.29, 1.82) is 0 Å². The van der Waals surface area contributed by atoms with E-state index in [0.717, 1.165) is 33.2 Å². The minimum absolute atomic E-state index is 0.0360. The number of rotatable bonds is 5. The lowest BCUT2D eigenvalue weighted by Crippen LogP contribution is -2.16. The van der Waals surface area contributed by atoms with E-state index in [1.165, 1.54) is 17.3 Å². The summed E-state index contributed by atoms with van der Waals surface area (Å²) < 4.78 is 1.99. The molecule has 1 amide bonds. The number of aryl methyl sites for hydroxylation is 3. The van der Waals surface area contributed by atoms with E-state index >= 15 is 0 Å². The summed E-state index contributed by atoms with van der Waals surface area (Å²) in [5.41, 5.74) is 6.27. The molecule has 0 aliphatic carbocycles. The van der Waals surface area contributed by atoms with Crippen LogP contribution in [0, 0.1) is 20.8 Å². The Labute approximate surface area is 169 Å². The van der Waals surface area contributed by atoms with E-state index in [-0.39, 0.29) is 5.91 Å². The Balaban J connectivity index is 1.67. The van der Waals surface area contributed by atoms with Gasteiger partial charge in [-0.25, -0.2) is 4.98 Å². The first kappa shape index (κ1) is 19.5. The van der Waals surface area contributed by atoms with E-state index in [0.29, 0.717) is 10.8 Å². The average Bonchev–Trinajstić information content (AvgIpc) is 2.98. The van der Waals surface area contributed by atoms with Gasteiger partial charge in [0.25, 0.3) is 0 Å². The van der Waals surface area contributed by atoms with Crippen LogP contribution in [0.3, 0.4) is 0 Å². The summed E-state index contributed by atoms with van der Waals surface area (Å²) in [5.74, 6) is 0.267. The van der Waals surface area contributed by atoms with Crippen molar-refractivity contribution in [3.63, 3.8) is 0 Å². The molecule has 0 atom stereocenters. The van der Waals surface area contributed by atoms with E-state index in [2.05, 4.69) is 29.4 Å². The molecule has 0 fully saturated rings. The molecule has 0 bridgehead atoms. The predicted octanol–water partition coefficient (Wildman–Crippen LogP) is 5.40. The van der Waals surface area contributed by atoms with E-state index in [1.807, 2.05) is 55.9 Å². The van der Waals surface area contributed by atoms with Gasteiger partial charge in [0.05, 0.1) is 17.6 Å². The van der Waals surface area contributed by atoms with Crippen molar-refractivity contribution in [3.05, 3.63) is 64.3 Å². The maximum Gasteiger partial charge on any atom is 0.234 e. The molecule has 0 radical (unpaired) electrons. The van der Waals surface area contributed by atoms with Crippen molar-refractivity contribution in [2.45, 2.75) is 25.9 Å². The Hall–Kier alpha value is -2.24. The number of carbonyl (C=O) groups excluding carboxylic acids is 1. The maximum atomic E-state index is 12.4. The fourth-order valence-corrected chi connectivity index (χ4v) is 3.98. The molecule has 4 nitrogen and oxygen atoms in total. The lowest BCUT2D eigenvalue weighted by Gasteiger charge is -2.12. The van der Waals surface area contributed by atoms with Crippen LogP contribution in [0.1, 0.15) is 16.7 Å². The molecule has 0 saturated heterocycles. The van der Waals surface area contributed by atoms with Crippen molar-refractivity contribution in [2.24, 2.45) is 7.05 Å². The first-order valence-electron chi connectivity index (χ1n) is 8.63. The second-order valence-electron chi connectivity index (χ2n) is 6.60. The molecular weight excluding hydrogens is 378 g/mol. The monoisotopic (exact) mass is 399 g/mol. The first-order chi connectivity index (χ1) is 12.8. The van der Waals surface area contributed by atoms with Gasteiger partial charge in [-0.2, -0.15) is 0 Å². The Kier molecular flexibility index (Phi) is 5.92. The van der Waals surface area contributed by atoms with Gasteiger partial charge in [0, 0.05) is 17.8 Å². The topological polar surface area (TPSA) is 46.9 Å². The number of carbonyl (C=O) groups is 1. The zero-order valence-electron chi connectivity index (χ0n) is 15.8. The molecule has 1 heterocycles. The third-order valence-electron chi connectivity index (χ3n) is 4.36. The van der Waals surface area contributed by atoms with Crippen LogP contribution in [0.25, 0.3) is 11.3 Å². The van der Waals surface area contributed by atoms with Crippen LogP contribution in [0.2, 0.25) is 5.02 Å². The second kappa shape index (κ2) is 8.19. The molecule has 0 spiro atoms. The molecule has 0 aliphatic heterocycles. The number of thioether (sulfide) groups is 1. The molecule has 0 aliphatic rings. The third-order valence-corrected chi connectivity index (χ3v) is 5.66. The van der Waals surface area contributed by atoms with Crippen LogP contribution in [-0.4, -0.2) is 21.2 Å². The van der Waals surface area contributed by atoms with E-state index in [9.17, 15) is 4.79 Å². The molecule has 3 aromatic rings. The van der Waals surface area contributed by atoms with Gasteiger partial charge in [-0.15, -0.1) is 0 Å². The van der Waals surface area contributed by atoms with Crippen LogP contribution in [0.5, 0.6) is 0 Å². The lowest BCUT2D eigenvalue weighted by atomic mass is 10.1. The van der Waals surface area contributed by atoms with E-state index in [1.54, 1.807) is 0 Å². The summed E-state index contributed by atoms with van der Waals surface area (Å²) in [6.07, 6.45) is 1.82. The van der Waals surface area contributed by atoms with Gasteiger partial charge in [0.2, 0.25) is 5.91 Å². The molecule has 0 unspecified atom stereocenters. The molecule has 1 aromatic heterocycles. The molecule has 27 heavy (non-hydrogen) atoms. The highest BCUT2D eigenvalue weighted by atomic mass is 35.5. The highest BCUT2D eigenvalue weighted by molar-refractivity contribution is 7.99. The zero-order chi connectivity index (χ0) is 19.6. The smallest absolute Gasteiger partial charge is 0.234 e. The van der Waals surface area contributed by atoms with Gasteiger partial charge in [0.15, 0.2) is 5.16 Å². The number of hydrogen-bond donors (Lipinski definition) is 1. The summed E-state index contributed by atoms with van der Waals surface area (Å²) in [6, 6.07) is 11.8. The Morgan fingerprint density at radius 2 is 1.78 bits per heavy atom. The van der Waals surface area contributed by atoms with Gasteiger partial charge < -0.3 is 9.88 Å². The highest BCUT2D eigenvalue weighted by Gasteiger charge is 2.13. The molecule has 3 rings (SSSR count). The number of imidazole rings is 1. The largest absolute Gasteiger partial charge is 0.325 e. The summed E-state index contributed by atoms with van der Waals surface area (Å²) >= 11 is 7.38. The summed E-state index contributed by atoms with van der Waals surface area (Å²) in [7, 11) is 1.95. The summed E-state index contributed by atoms with van der Waals surface area (Å²) in [6.45, 7) is 6.08. The molecule has 140 valence electrons. The van der Waals surface area contributed by atoms with Crippen LogP contribution < -0.4 is 5.32 Å². The minimum Gasteiger partial charge on any atom is -0.325 e. The second-order valence-corrected chi connectivity index (χ2v) is 7.98. The van der Waals surface area contributed by atoms with Crippen LogP contribution in [0.4, 0.5) is 5.69 Å². The summed E-state index contributed by atoms with van der Waals surface area (Å²) in [4.78, 5) is 16.9. The molecule has 0 saturated carbocycles. The number of hydrogen-bond acceptors (Lipinski definition) is 3.